The molecule has 0 N–H and O–H groups in total. The average molecular weight is 873 g/mol. The summed E-state index contributed by atoms with van der Waals surface area (Å²) in [4.78, 5) is 55.7. The number of amides is 2. The normalized spacial score (nSPS) is 22.1. The first-order valence-electron chi connectivity index (χ1n) is 24.4. The molecule has 338 valence electrons. The van der Waals surface area contributed by atoms with E-state index in [0.29, 0.717) is 17.4 Å². The second-order valence-corrected chi connectivity index (χ2v) is 21.1. The van der Waals surface area contributed by atoms with Crippen LogP contribution in [0, 0.1) is 11.8 Å². The second kappa shape index (κ2) is 17.4. The molecular formula is C57H64N2O6. The van der Waals surface area contributed by atoms with Gasteiger partial charge in [-0.05, 0) is 161 Å². The first kappa shape index (κ1) is 43.4. The molecule has 2 saturated carbocycles. The predicted molar refractivity (Wildman–Crippen MR) is 257 cm³/mol. The summed E-state index contributed by atoms with van der Waals surface area (Å²) in [6.07, 6.45) is 22.0. The quantitative estimate of drug-likeness (QED) is 0.0394. The molecule has 4 aromatic carbocycles. The molecule has 8 nitrogen and oxygen atoms in total. The zero-order chi connectivity index (χ0) is 44.9. The fraction of sp³-hybridized carbons (Fsp3) is 0.456. The SMILES string of the molecule is CC1(C)CC2(CC(C)(C)c3ccc(OC(=O)/C=C/c4ccc5c(c4)CCN5C(=O)C4CCCCC4)cc32)c2cc(OOC/C=C/c3ccc4c(c3)CCN4C(=O)C3CCCCC3)ccc21. The Morgan fingerprint density at radius 1 is 0.600 bits per heavy atom. The lowest BCUT2D eigenvalue weighted by Crippen LogP contribution is -2.35. The molecule has 2 fully saturated rings. The number of fused-ring (bicyclic) bond motifs is 6. The van der Waals surface area contributed by atoms with Crippen molar-refractivity contribution in [2.45, 2.75) is 134 Å². The second-order valence-electron chi connectivity index (χ2n) is 21.1. The molecule has 2 aliphatic heterocycles. The molecule has 0 bridgehead atoms. The van der Waals surface area contributed by atoms with E-state index in [1.54, 1.807) is 0 Å². The van der Waals surface area contributed by atoms with Gasteiger partial charge >= 0.3 is 5.97 Å². The van der Waals surface area contributed by atoms with E-state index in [2.05, 4.69) is 82.3 Å². The molecular weight excluding hydrogens is 809 g/mol. The summed E-state index contributed by atoms with van der Waals surface area (Å²) in [5.74, 6) is 1.65. The largest absolute Gasteiger partial charge is 0.423 e. The number of esters is 1. The van der Waals surface area contributed by atoms with Crippen molar-refractivity contribution in [2.75, 3.05) is 29.5 Å². The molecule has 1 spiro atoms. The van der Waals surface area contributed by atoms with Crippen LogP contribution in [0.15, 0.2) is 84.9 Å². The molecule has 1 unspecified atom stereocenters. The van der Waals surface area contributed by atoms with Crippen molar-refractivity contribution in [3.8, 4) is 11.5 Å². The third-order valence-electron chi connectivity index (χ3n) is 15.7. The summed E-state index contributed by atoms with van der Waals surface area (Å²) < 4.78 is 6.03. The van der Waals surface area contributed by atoms with Crippen LogP contribution >= 0.6 is 0 Å². The minimum Gasteiger partial charge on any atom is -0.423 e. The van der Waals surface area contributed by atoms with Crippen LogP contribution in [0.2, 0.25) is 0 Å². The van der Waals surface area contributed by atoms with Gasteiger partial charge in [0.15, 0.2) is 5.75 Å². The van der Waals surface area contributed by atoms with Gasteiger partial charge in [-0.3, -0.25) is 9.59 Å². The minimum absolute atomic E-state index is 0.0866. The number of hydrogen-bond donors (Lipinski definition) is 0. The van der Waals surface area contributed by atoms with Gasteiger partial charge in [0.05, 0.1) is 0 Å². The maximum Gasteiger partial charge on any atom is 0.336 e. The van der Waals surface area contributed by atoms with E-state index in [-0.39, 0.29) is 40.6 Å². The van der Waals surface area contributed by atoms with Crippen LogP contribution in [0.3, 0.4) is 0 Å². The van der Waals surface area contributed by atoms with E-state index in [9.17, 15) is 14.4 Å². The Morgan fingerprint density at radius 3 is 1.66 bits per heavy atom. The Morgan fingerprint density at radius 2 is 1.11 bits per heavy atom. The number of rotatable bonds is 10. The lowest BCUT2D eigenvalue weighted by molar-refractivity contribution is -0.195. The topological polar surface area (TPSA) is 85.4 Å². The number of anilines is 2. The zero-order valence-corrected chi connectivity index (χ0v) is 38.8. The van der Waals surface area contributed by atoms with Crippen molar-refractivity contribution in [1.29, 1.82) is 0 Å². The minimum atomic E-state index is -0.427. The Labute approximate surface area is 385 Å². The first-order chi connectivity index (χ1) is 31.4. The van der Waals surface area contributed by atoms with Crippen LogP contribution in [0.1, 0.15) is 149 Å². The highest BCUT2D eigenvalue weighted by molar-refractivity contribution is 5.98. The summed E-state index contributed by atoms with van der Waals surface area (Å²) >= 11 is 0. The highest BCUT2D eigenvalue weighted by atomic mass is 17.2. The maximum atomic E-state index is 13.4. The van der Waals surface area contributed by atoms with Gasteiger partial charge in [0, 0.05) is 47.8 Å². The van der Waals surface area contributed by atoms with Crippen LogP contribution in [-0.4, -0.2) is 37.5 Å². The Kier molecular flexibility index (Phi) is 11.6. The van der Waals surface area contributed by atoms with Crippen LogP contribution in [0.5, 0.6) is 11.5 Å². The van der Waals surface area contributed by atoms with Gasteiger partial charge in [-0.1, -0.05) is 103 Å². The van der Waals surface area contributed by atoms with Gasteiger partial charge in [0.1, 0.15) is 12.4 Å². The number of carbonyl (C=O) groups excluding carboxylic acids is 3. The van der Waals surface area contributed by atoms with E-state index >= 15 is 0 Å². The summed E-state index contributed by atoms with van der Waals surface area (Å²) in [7, 11) is 0. The Bertz CT molecular complexity index is 2570. The third-order valence-corrected chi connectivity index (χ3v) is 15.7. The highest BCUT2D eigenvalue weighted by Gasteiger charge is 2.56. The molecule has 10 rings (SSSR count). The monoisotopic (exact) mass is 872 g/mol. The highest BCUT2D eigenvalue weighted by Crippen LogP contribution is 2.63. The Hall–Kier alpha value is -5.47. The molecule has 2 heterocycles. The van der Waals surface area contributed by atoms with Crippen LogP contribution in [0.25, 0.3) is 12.2 Å². The smallest absolute Gasteiger partial charge is 0.336 e. The van der Waals surface area contributed by atoms with E-state index < -0.39 is 5.97 Å². The predicted octanol–water partition coefficient (Wildman–Crippen LogP) is 11.9. The molecule has 4 aromatic rings. The number of ether oxygens (including phenoxy) is 1. The Balaban J connectivity index is 0.798. The van der Waals surface area contributed by atoms with E-state index in [0.717, 1.165) is 118 Å². The van der Waals surface area contributed by atoms with Crippen LogP contribution in [-0.2, 0) is 48.4 Å². The van der Waals surface area contributed by atoms with Gasteiger partial charge in [0.2, 0.25) is 11.8 Å². The number of nitrogens with zero attached hydrogens (tertiary/aromatic N) is 2. The summed E-state index contributed by atoms with van der Waals surface area (Å²) in [5.41, 5.74) is 11.0. The molecule has 0 radical (unpaired) electrons. The lowest BCUT2D eigenvalue weighted by atomic mass is 9.72. The zero-order valence-electron chi connectivity index (χ0n) is 38.8. The van der Waals surface area contributed by atoms with Crippen molar-refractivity contribution >= 4 is 41.3 Å². The van der Waals surface area contributed by atoms with Crippen molar-refractivity contribution in [1.82, 2.24) is 0 Å². The van der Waals surface area contributed by atoms with Gasteiger partial charge in [-0.25, -0.2) is 4.79 Å². The van der Waals surface area contributed by atoms with Crippen molar-refractivity contribution in [2.24, 2.45) is 11.8 Å². The number of benzene rings is 4. The molecule has 0 aromatic heterocycles. The van der Waals surface area contributed by atoms with Gasteiger partial charge in [0.25, 0.3) is 0 Å². The van der Waals surface area contributed by atoms with Crippen LogP contribution in [0.4, 0.5) is 11.4 Å². The van der Waals surface area contributed by atoms with E-state index in [4.69, 9.17) is 14.5 Å². The molecule has 4 aliphatic carbocycles. The number of hydrogen-bond acceptors (Lipinski definition) is 6. The molecule has 8 heteroatoms. The molecule has 6 aliphatic rings. The molecule has 0 saturated heterocycles. The van der Waals surface area contributed by atoms with Crippen molar-refractivity contribution in [3.63, 3.8) is 0 Å². The number of carbonyl (C=O) groups is 3. The van der Waals surface area contributed by atoms with E-state index in [1.165, 1.54) is 46.7 Å². The maximum absolute atomic E-state index is 13.4. The third kappa shape index (κ3) is 8.37. The van der Waals surface area contributed by atoms with Gasteiger partial charge < -0.3 is 19.4 Å². The first-order valence-corrected chi connectivity index (χ1v) is 24.4. The fourth-order valence-corrected chi connectivity index (χ4v) is 12.7. The molecule has 65 heavy (non-hydrogen) atoms. The molecule has 1 atom stereocenters. The summed E-state index contributed by atoms with van der Waals surface area (Å²) in [6.45, 7) is 11.0. The van der Waals surface area contributed by atoms with Crippen molar-refractivity contribution < 1.29 is 28.9 Å². The summed E-state index contributed by atoms with van der Waals surface area (Å²) in [5, 5.41) is 0. The standard InChI is InChI=1S/C57H64N2O6/c1-55(2)36-57(48-34-44(20-22-46(48)55)64-52(60)26-19-39-18-25-51-43(33-39)28-30-59(51)54(62)41-15-9-6-10-16-41)37-56(3,4)47-23-21-45(35-49(47)57)65-63-31-11-12-38-17-24-50-42(32-38)27-29-58(50)53(61)40-13-7-5-8-14-40/h11-12,17-26,32-35,40-41H,5-10,13-16,27-31,36-37H2,1-4H3/b12-11+,26-19+. The van der Waals surface area contributed by atoms with Crippen molar-refractivity contribution in [3.05, 3.63) is 129 Å². The fourth-order valence-electron chi connectivity index (χ4n) is 12.7. The average Bonchev–Trinajstić information content (AvgIpc) is 4.04. The van der Waals surface area contributed by atoms with Gasteiger partial charge in [-0.2, -0.15) is 4.89 Å². The lowest BCUT2D eigenvalue weighted by Gasteiger charge is -2.30. The van der Waals surface area contributed by atoms with E-state index in [1.807, 2.05) is 46.2 Å². The van der Waals surface area contributed by atoms with Gasteiger partial charge in [-0.15, -0.1) is 0 Å². The molecule has 2 amide bonds. The summed E-state index contributed by atoms with van der Waals surface area (Å²) in [6, 6.07) is 25.0. The van der Waals surface area contributed by atoms with Crippen LogP contribution < -0.4 is 19.4 Å².